The van der Waals surface area contributed by atoms with E-state index >= 15 is 0 Å². The first kappa shape index (κ1) is 16.7. The van der Waals surface area contributed by atoms with Crippen molar-refractivity contribution in [2.24, 2.45) is 11.8 Å². The lowest BCUT2D eigenvalue weighted by molar-refractivity contribution is -0.146. The summed E-state index contributed by atoms with van der Waals surface area (Å²) in [5.41, 5.74) is 1.05. The zero-order valence-electron chi connectivity index (χ0n) is 12.9. The van der Waals surface area contributed by atoms with Crippen LogP contribution in [0.5, 0.6) is 0 Å². The highest BCUT2D eigenvalue weighted by Crippen LogP contribution is 2.27. The Morgan fingerprint density at radius 2 is 1.70 bits per heavy atom. The van der Waals surface area contributed by atoms with E-state index in [-0.39, 0.29) is 11.8 Å². The number of allylic oxidation sites excluding steroid dienone is 2. The molecule has 0 radical (unpaired) electrons. The second-order valence-electron chi connectivity index (χ2n) is 5.42. The van der Waals surface area contributed by atoms with E-state index in [1.165, 1.54) is 0 Å². The van der Waals surface area contributed by atoms with Crippen LogP contribution in [0.2, 0.25) is 0 Å². The van der Waals surface area contributed by atoms with E-state index in [1.807, 2.05) is 13.0 Å². The molecule has 3 N–H and O–H groups in total. The summed E-state index contributed by atoms with van der Waals surface area (Å²) in [5.74, 6) is -2.72. The number of aliphatic carboxylic acids is 1. The SMILES string of the molecule is CCNC(=O)c1ccc(NC(=O)[C@@H]2CC=CC[C@@H]2C(=O)O)cc1. The molecule has 122 valence electrons. The zero-order valence-corrected chi connectivity index (χ0v) is 12.9. The standard InChI is InChI=1S/C17H20N2O4/c1-2-18-15(20)11-7-9-12(10-8-11)19-16(21)13-5-3-4-6-14(13)17(22)23/h3-4,7-10,13-14H,2,5-6H2,1H3,(H,18,20)(H,19,21)(H,22,23)/t13-,14+/m1/s1. The zero-order chi connectivity index (χ0) is 16.8. The molecule has 1 aromatic rings. The van der Waals surface area contributed by atoms with Gasteiger partial charge in [0.2, 0.25) is 5.91 Å². The number of hydrogen-bond donors (Lipinski definition) is 3. The molecule has 0 unspecified atom stereocenters. The van der Waals surface area contributed by atoms with Crippen LogP contribution in [0.1, 0.15) is 30.1 Å². The predicted molar refractivity (Wildman–Crippen MR) is 86.1 cm³/mol. The summed E-state index contributed by atoms with van der Waals surface area (Å²) in [6, 6.07) is 6.51. The van der Waals surface area contributed by atoms with Crippen molar-refractivity contribution in [1.82, 2.24) is 5.32 Å². The number of anilines is 1. The van der Waals surface area contributed by atoms with Crippen LogP contribution in [0.3, 0.4) is 0 Å². The molecule has 2 amide bonds. The number of hydrogen-bond acceptors (Lipinski definition) is 3. The minimum absolute atomic E-state index is 0.172. The lowest BCUT2D eigenvalue weighted by Crippen LogP contribution is -2.34. The smallest absolute Gasteiger partial charge is 0.307 e. The fourth-order valence-electron chi connectivity index (χ4n) is 2.58. The number of carbonyl (C=O) groups is 3. The fraction of sp³-hybridized carbons (Fsp3) is 0.353. The number of rotatable bonds is 5. The molecule has 6 nitrogen and oxygen atoms in total. The van der Waals surface area contributed by atoms with Crippen LogP contribution in [-0.2, 0) is 9.59 Å². The van der Waals surface area contributed by atoms with Gasteiger partial charge in [0.15, 0.2) is 0 Å². The Kier molecular flexibility index (Phi) is 5.51. The molecular formula is C17H20N2O4. The third-order valence-electron chi connectivity index (χ3n) is 3.84. The summed E-state index contributed by atoms with van der Waals surface area (Å²) >= 11 is 0. The molecule has 0 bridgehead atoms. The third-order valence-corrected chi connectivity index (χ3v) is 3.84. The van der Waals surface area contributed by atoms with Crippen molar-refractivity contribution in [3.8, 4) is 0 Å². The van der Waals surface area contributed by atoms with E-state index in [0.717, 1.165) is 0 Å². The van der Waals surface area contributed by atoms with Crippen LogP contribution in [0.4, 0.5) is 5.69 Å². The molecule has 0 saturated heterocycles. The molecule has 0 saturated carbocycles. The Morgan fingerprint density at radius 1 is 1.09 bits per heavy atom. The van der Waals surface area contributed by atoms with Gasteiger partial charge >= 0.3 is 5.97 Å². The maximum atomic E-state index is 12.3. The van der Waals surface area contributed by atoms with Crippen molar-refractivity contribution in [1.29, 1.82) is 0 Å². The number of carbonyl (C=O) groups excluding carboxylic acids is 2. The molecule has 0 spiro atoms. The lowest BCUT2D eigenvalue weighted by Gasteiger charge is -2.24. The van der Waals surface area contributed by atoms with E-state index in [4.69, 9.17) is 0 Å². The van der Waals surface area contributed by atoms with Crippen LogP contribution in [0.25, 0.3) is 0 Å². The van der Waals surface area contributed by atoms with E-state index in [2.05, 4.69) is 10.6 Å². The van der Waals surface area contributed by atoms with Gasteiger partial charge in [-0.2, -0.15) is 0 Å². The molecule has 1 aliphatic carbocycles. The monoisotopic (exact) mass is 316 g/mol. The summed E-state index contributed by atoms with van der Waals surface area (Å²) in [4.78, 5) is 35.2. The van der Waals surface area contributed by atoms with Crippen LogP contribution in [0, 0.1) is 11.8 Å². The first-order chi connectivity index (χ1) is 11.0. The molecule has 0 fully saturated rings. The van der Waals surface area contributed by atoms with Gasteiger partial charge in [0.25, 0.3) is 5.91 Å². The van der Waals surface area contributed by atoms with Crippen molar-refractivity contribution in [2.75, 3.05) is 11.9 Å². The summed E-state index contributed by atoms with van der Waals surface area (Å²) in [6.07, 6.45) is 4.41. The Balaban J connectivity index is 2.03. The van der Waals surface area contributed by atoms with Crippen LogP contribution in [0.15, 0.2) is 36.4 Å². The Labute approximate surface area is 134 Å². The van der Waals surface area contributed by atoms with Gasteiger partial charge in [-0.05, 0) is 44.0 Å². The molecule has 2 rings (SSSR count). The first-order valence-electron chi connectivity index (χ1n) is 7.60. The number of nitrogens with one attached hydrogen (secondary N) is 2. The van der Waals surface area contributed by atoms with Gasteiger partial charge in [0.05, 0.1) is 11.8 Å². The summed E-state index contributed by atoms with van der Waals surface area (Å²) in [7, 11) is 0. The van der Waals surface area contributed by atoms with Gasteiger partial charge in [-0.1, -0.05) is 12.2 Å². The van der Waals surface area contributed by atoms with Gasteiger partial charge in [-0.15, -0.1) is 0 Å². The van der Waals surface area contributed by atoms with Gasteiger partial charge in [-0.25, -0.2) is 0 Å². The van der Waals surface area contributed by atoms with Crippen molar-refractivity contribution in [3.05, 3.63) is 42.0 Å². The van der Waals surface area contributed by atoms with E-state index in [9.17, 15) is 19.5 Å². The third kappa shape index (κ3) is 4.18. The minimum Gasteiger partial charge on any atom is -0.481 e. The topological polar surface area (TPSA) is 95.5 Å². The maximum Gasteiger partial charge on any atom is 0.307 e. The molecule has 6 heteroatoms. The predicted octanol–water partition coefficient (Wildman–Crippen LogP) is 2.04. The molecule has 1 aromatic carbocycles. The minimum atomic E-state index is -0.957. The number of benzene rings is 1. The van der Waals surface area contributed by atoms with Gasteiger partial charge < -0.3 is 15.7 Å². The van der Waals surface area contributed by atoms with Crippen molar-refractivity contribution < 1.29 is 19.5 Å². The Morgan fingerprint density at radius 3 is 2.26 bits per heavy atom. The number of carboxylic acid groups (broad SMARTS) is 1. The maximum absolute atomic E-state index is 12.3. The van der Waals surface area contributed by atoms with Crippen molar-refractivity contribution >= 4 is 23.5 Å². The second kappa shape index (κ2) is 7.58. The highest BCUT2D eigenvalue weighted by Gasteiger charge is 2.33. The average Bonchev–Trinajstić information content (AvgIpc) is 2.55. The molecular weight excluding hydrogens is 296 g/mol. The van der Waals surface area contributed by atoms with Crippen LogP contribution < -0.4 is 10.6 Å². The van der Waals surface area contributed by atoms with Crippen molar-refractivity contribution in [3.63, 3.8) is 0 Å². The molecule has 2 atom stereocenters. The average molecular weight is 316 g/mol. The summed E-state index contributed by atoms with van der Waals surface area (Å²) < 4.78 is 0. The van der Waals surface area contributed by atoms with Gasteiger partial charge in [-0.3, -0.25) is 14.4 Å². The highest BCUT2D eigenvalue weighted by molar-refractivity contribution is 5.97. The van der Waals surface area contributed by atoms with Gasteiger partial charge in [0.1, 0.15) is 0 Å². The quantitative estimate of drug-likeness (QED) is 0.724. The normalized spacial score (nSPS) is 19.9. The van der Waals surface area contributed by atoms with Crippen LogP contribution in [-0.4, -0.2) is 29.4 Å². The molecule has 23 heavy (non-hydrogen) atoms. The largest absolute Gasteiger partial charge is 0.481 e. The van der Waals surface area contributed by atoms with E-state index in [0.29, 0.717) is 30.6 Å². The van der Waals surface area contributed by atoms with E-state index in [1.54, 1.807) is 30.3 Å². The Bertz CT molecular complexity index is 622. The van der Waals surface area contributed by atoms with E-state index < -0.39 is 17.8 Å². The van der Waals surface area contributed by atoms with Crippen LogP contribution >= 0.6 is 0 Å². The number of carboxylic acids is 1. The lowest BCUT2D eigenvalue weighted by atomic mass is 9.82. The second-order valence-corrected chi connectivity index (χ2v) is 5.42. The van der Waals surface area contributed by atoms with Gasteiger partial charge in [0, 0.05) is 17.8 Å². The molecule has 0 aromatic heterocycles. The number of amides is 2. The highest BCUT2D eigenvalue weighted by atomic mass is 16.4. The molecule has 0 heterocycles. The first-order valence-corrected chi connectivity index (χ1v) is 7.60. The Hall–Kier alpha value is -2.63. The summed E-state index contributed by atoms with van der Waals surface area (Å²) in [5, 5.41) is 14.6. The molecule has 0 aliphatic heterocycles. The fourth-order valence-corrected chi connectivity index (χ4v) is 2.58. The molecule has 1 aliphatic rings. The summed E-state index contributed by atoms with van der Waals surface area (Å²) in [6.45, 7) is 2.38. The van der Waals surface area contributed by atoms with Crippen molar-refractivity contribution in [2.45, 2.75) is 19.8 Å².